The number of benzene rings is 5. The van der Waals surface area contributed by atoms with Crippen LogP contribution in [0.1, 0.15) is 22.8 Å². The van der Waals surface area contributed by atoms with E-state index in [1.54, 1.807) is 18.2 Å². The number of aromatic nitrogens is 4. The molecule has 7 heteroatoms. The number of rotatable bonds is 4. The maximum Gasteiger partial charge on any atom is 0.187 e. The lowest BCUT2D eigenvalue weighted by molar-refractivity contribution is 0.926. The molecular weight excluding hydrogens is 554 g/mol. The van der Waals surface area contributed by atoms with E-state index in [0.29, 0.717) is 39.9 Å². The van der Waals surface area contributed by atoms with Gasteiger partial charge in [0, 0.05) is 16.3 Å². The third-order valence-corrected chi connectivity index (χ3v) is 7.87. The Morgan fingerprint density at radius 2 is 1.20 bits per heavy atom. The number of aryl methyl sites for hydroxylation is 2. The van der Waals surface area contributed by atoms with Gasteiger partial charge in [-0.1, -0.05) is 54.6 Å². The van der Waals surface area contributed by atoms with Crippen LogP contribution in [0.15, 0.2) is 103 Å². The minimum atomic E-state index is 0.487. The molecule has 5 aromatic carbocycles. The van der Waals surface area contributed by atoms with E-state index < -0.39 is 0 Å². The lowest BCUT2D eigenvalue weighted by Crippen LogP contribution is -2.03. The van der Waals surface area contributed by atoms with Crippen LogP contribution < -0.4 is 0 Å². The van der Waals surface area contributed by atoms with E-state index >= 15 is 0 Å². The van der Waals surface area contributed by atoms with Crippen molar-refractivity contribution >= 4 is 27.5 Å². The molecule has 0 spiro atoms. The van der Waals surface area contributed by atoms with Crippen molar-refractivity contribution in [2.24, 2.45) is 0 Å². The molecule has 0 unspecified atom stereocenters. The summed E-state index contributed by atoms with van der Waals surface area (Å²) >= 11 is 0. The van der Waals surface area contributed by atoms with Gasteiger partial charge in [-0.15, -0.1) is 0 Å². The normalized spacial score (nSPS) is 10.8. The largest absolute Gasteiger partial charge is 0.308 e. The predicted octanol–water partition coefficient (Wildman–Crippen LogP) is 8.88. The Balaban J connectivity index is 1.58. The minimum Gasteiger partial charge on any atom is -0.308 e. The molecule has 45 heavy (non-hydrogen) atoms. The fourth-order valence-corrected chi connectivity index (χ4v) is 5.88. The first-order chi connectivity index (χ1) is 21.9. The molecule has 0 atom stereocenters. The van der Waals surface area contributed by atoms with Crippen molar-refractivity contribution in [3.05, 3.63) is 137 Å². The van der Waals surface area contributed by atoms with Crippen molar-refractivity contribution in [2.75, 3.05) is 0 Å². The molecular formula is C38H23N7. The summed E-state index contributed by atoms with van der Waals surface area (Å²) in [4.78, 5) is 17.4. The fourth-order valence-electron chi connectivity index (χ4n) is 5.88. The van der Waals surface area contributed by atoms with E-state index in [1.165, 1.54) is 0 Å². The Kier molecular flexibility index (Phi) is 6.59. The highest BCUT2D eigenvalue weighted by Gasteiger charge is 2.20. The zero-order valence-corrected chi connectivity index (χ0v) is 24.4. The first-order valence-corrected chi connectivity index (χ1v) is 14.3. The first kappa shape index (κ1) is 27.2. The Labute approximate surface area is 259 Å². The van der Waals surface area contributed by atoms with Crippen molar-refractivity contribution in [2.45, 2.75) is 13.8 Å². The van der Waals surface area contributed by atoms with Gasteiger partial charge in [0.25, 0.3) is 0 Å². The quantitative estimate of drug-likeness (QED) is 0.195. The van der Waals surface area contributed by atoms with Crippen LogP contribution in [0.3, 0.4) is 0 Å². The molecule has 0 aliphatic heterocycles. The van der Waals surface area contributed by atoms with Gasteiger partial charge in [0.05, 0.1) is 46.6 Å². The Hall–Kier alpha value is -6.62. The van der Waals surface area contributed by atoms with Gasteiger partial charge in [0.15, 0.2) is 11.5 Å². The Bertz CT molecular complexity index is 2310. The third kappa shape index (κ3) is 4.83. The number of fused-ring (bicyclic) bond motifs is 3. The number of nitriles is 2. The monoisotopic (exact) mass is 577 g/mol. The molecule has 2 heterocycles. The van der Waals surface area contributed by atoms with Crippen molar-refractivity contribution in [1.29, 1.82) is 10.5 Å². The molecule has 0 aliphatic carbocycles. The van der Waals surface area contributed by atoms with Gasteiger partial charge in [0.1, 0.15) is 11.6 Å². The van der Waals surface area contributed by atoms with Crippen molar-refractivity contribution < 1.29 is 0 Å². The SMILES string of the molecule is [C-]#[N+]c1cccc(-c2ccc3c4ccc(-c5cccc(C#N)c5)cc4n(-c4ccc(C#N)cc4-c4nc(C)nc(C)n4)c3c2)c1. The van der Waals surface area contributed by atoms with Gasteiger partial charge >= 0.3 is 0 Å². The second-order valence-electron chi connectivity index (χ2n) is 10.8. The van der Waals surface area contributed by atoms with Crippen LogP contribution in [0.4, 0.5) is 5.69 Å². The molecule has 0 radical (unpaired) electrons. The second kappa shape index (κ2) is 10.9. The molecule has 0 N–H and O–H groups in total. The Morgan fingerprint density at radius 1 is 0.622 bits per heavy atom. The summed E-state index contributed by atoms with van der Waals surface area (Å²) in [6.45, 7) is 11.2. The number of hydrogen-bond acceptors (Lipinski definition) is 5. The molecule has 2 aromatic heterocycles. The fraction of sp³-hybridized carbons (Fsp3) is 0.0526. The summed E-state index contributed by atoms with van der Waals surface area (Å²) in [6.07, 6.45) is 0. The van der Waals surface area contributed by atoms with Gasteiger partial charge in [-0.2, -0.15) is 10.5 Å². The van der Waals surface area contributed by atoms with Crippen LogP contribution >= 0.6 is 0 Å². The summed E-state index contributed by atoms with van der Waals surface area (Å²) in [7, 11) is 0. The van der Waals surface area contributed by atoms with E-state index in [0.717, 1.165) is 49.7 Å². The van der Waals surface area contributed by atoms with Crippen LogP contribution in [-0.4, -0.2) is 19.5 Å². The second-order valence-corrected chi connectivity index (χ2v) is 10.8. The molecule has 0 amide bonds. The molecule has 0 saturated carbocycles. The first-order valence-electron chi connectivity index (χ1n) is 14.3. The maximum absolute atomic E-state index is 9.84. The number of nitrogens with zero attached hydrogens (tertiary/aromatic N) is 7. The predicted molar refractivity (Wildman–Crippen MR) is 176 cm³/mol. The van der Waals surface area contributed by atoms with Gasteiger partial charge < -0.3 is 4.57 Å². The maximum atomic E-state index is 9.84. The summed E-state index contributed by atoms with van der Waals surface area (Å²) < 4.78 is 2.19. The van der Waals surface area contributed by atoms with Gasteiger partial charge in [-0.3, -0.25) is 0 Å². The average Bonchev–Trinajstić information content (AvgIpc) is 3.40. The van der Waals surface area contributed by atoms with Gasteiger partial charge in [0.2, 0.25) is 0 Å². The van der Waals surface area contributed by atoms with Gasteiger partial charge in [-0.25, -0.2) is 19.8 Å². The summed E-state index contributed by atoms with van der Waals surface area (Å²) in [5.41, 5.74) is 8.91. The lowest BCUT2D eigenvalue weighted by atomic mass is 10.0. The van der Waals surface area contributed by atoms with Crippen molar-refractivity contribution in [3.8, 4) is 51.5 Å². The van der Waals surface area contributed by atoms with Crippen LogP contribution in [0.25, 0.3) is 66.0 Å². The minimum absolute atomic E-state index is 0.487. The topological polar surface area (TPSA) is 95.5 Å². The highest BCUT2D eigenvalue weighted by molar-refractivity contribution is 6.11. The van der Waals surface area contributed by atoms with Crippen molar-refractivity contribution in [1.82, 2.24) is 19.5 Å². The molecule has 7 aromatic rings. The van der Waals surface area contributed by atoms with E-state index in [9.17, 15) is 10.5 Å². The van der Waals surface area contributed by atoms with Crippen LogP contribution in [-0.2, 0) is 0 Å². The van der Waals surface area contributed by atoms with E-state index in [-0.39, 0.29) is 0 Å². The number of hydrogen-bond donors (Lipinski definition) is 0. The molecule has 7 nitrogen and oxygen atoms in total. The average molecular weight is 578 g/mol. The smallest absolute Gasteiger partial charge is 0.187 e. The zero-order valence-electron chi connectivity index (χ0n) is 24.4. The van der Waals surface area contributed by atoms with E-state index in [1.807, 2.05) is 62.4 Å². The van der Waals surface area contributed by atoms with E-state index in [2.05, 4.69) is 72.9 Å². The van der Waals surface area contributed by atoms with Gasteiger partial charge in [-0.05, 0) is 84.6 Å². The highest BCUT2D eigenvalue weighted by atomic mass is 15.0. The summed E-state index contributed by atoms with van der Waals surface area (Å²) in [5.74, 6) is 1.67. The molecule has 0 aliphatic rings. The highest BCUT2D eigenvalue weighted by Crippen LogP contribution is 2.39. The van der Waals surface area contributed by atoms with Crippen LogP contribution in [0.5, 0.6) is 0 Å². The van der Waals surface area contributed by atoms with E-state index in [4.69, 9.17) is 6.57 Å². The van der Waals surface area contributed by atoms with Crippen LogP contribution in [0.2, 0.25) is 0 Å². The molecule has 210 valence electrons. The molecule has 0 saturated heterocycles. The summed E-state index contributed by atoms with van der Waals surface area (Å²) in [6, 6.07) is 37.9. The lowest BCUT2D eigenvalue weighted by Gasteiger charge is -2.15. The molecule has 7 rings (SSSR count). The van der Waals surface area contributed by atoms with Crippen LogP contribution in [0, 0.1) is 43.1 Å². The molecule has 0 fully saturated rings. The third-order valence-electron chi connectivity index (χ3n) is 7.87. The molecule has 0 bridgehead atoms. The standard InChI is InChI=1S/C38H23N7/c1-23-42-24(2)44-38(43-23)34-17-26(22-40)10-15-35(34)45-36-19-29(27-7-4-6-25(16-27)21-39)11-13-32(36)33-14-12-30(20-37(33)45)28-8-5-9-31(18-28)41-3/h4-20H,1-2H3. The zero-order chi connectivity index (χ0) is 31.1. The summed E-state index contributed by atoms with van der Waals surface area (Å²) in [5, 5.41) is 21.5. The van der Waals surface area contributed by atoms with Crippen molar-refractivity contribution in [3.63, 3.8) is 0 Å². The Morgan fingerprint density at radius 3 is 1.82 bits per heavy atom.